The number of carbonyl (C=O) groups excluding carboxylic acids is 2. The van der Waals surface area contributed by atoms with Gasteiger partial charge >= 0.3 is 0 Å². The third-order valence-electron chi connectivity index (χ3n) is 7.60. The van der Waals surface area contributed by atoms with E-state index in [1.54, 1.807) is 17.3 Å². The van der Waals surface area contributed by atoms with Crippen molar-refractivity contribution < 1.29 is 23.5 Å². The molecular formula is C26H29Br2FN4O4. The largest absolute Gasteiger partial charge is 0.381 e. The van der Waals surface area contributed by atoms with Gasteiger partial charge in [0.1, 0.15) is 11.6 Å². The predicted molar refractivity (Wildman–Crippen MR) is 144 cm³/mol. The van der Waals surface area contributed by atoms with E-state index in [1.807, 2.05) is 19.9 Å². The maximum Gasteiger partial charge on any atom is 0.268 e. The molecule has 6 rings (SSSR count). The van der Waals surface area contributed by atoms with Crippen LogP contribution < -0.4 is 9.80 Å². The van der Waals surface area contributed by atoms with E-state index in [2.05, 4.69) is 47.9 Å². The smallest absolute Gasteiger partial charge is 0.268 e. The number of aromatic nitrogens is 2. The van der Waals surface area contributed by atoms with E-state index in [-0.39, 0.29) is 24.3 Å². The fraction of sp³-hybridized carbons (Fsp3) is 0.538. The molecule has 2 saturated heterocycles. The van der Waals surface area contributed by atoms with Crippen LogP contribution in [0.1, 0.15) is 49.7 Å². The first-order valence-electron chi connectivity index (χ1n) is 12.6. The molecule has 4 aliphatic heterocycles. The Kier molecular flexibility index (Phi) is 7.68. The standard InChI is InChI=1S/C13H14BrFN2O2.C13H15BrN2O2/c1-2-17-11-9(5-8(14)6-16-11)10-3-4-19-7-13(10,15)12(17)18;1-2-16-12-10(5-8(14)6-15-12)9-3-4-18-7-11(9)13(16)17/h5-6,10H,2-4,7H2,1H3;5-6,9,11H,2-4,7H2,1H3/t10-,13?;9-,11+/m11/s1. The lowest BCUT2D eigenvalue weighted by molar-refractivity contribution is -0.143. The maximum atomic E-state index is 15.1. The number of hydrogen-bond acceptors (Lipinski definition) is 6. The Morgan fingerprint density at radius 3 is 2.24 bits per heavy atom. The van der Waals surface area contributed by atoms with Gasteiger partial charge in [0.25, 0.3) is 5.91 Å². The third kappa shape index (κ3) is 4.62. The number of fused-ring (bicyclic) bond motifs is 6. The first-order chi connectivity index (χ1) is 17.8. The van der Waals surface area contributed by atoms with Gasteiger partial charge in [-0.2, -0.15) is 0 Å². The van der Waals surface area contributed by atoms with E-state index in [9.17, 15) is 9.59 Å². The van der Waals surface area contributed by atoms with Gasteiger partial charge in [-0.1, -0.05) is 0 Å². The molecule has 8 nitrogen and oxygen atoms in total. The molecule has 0 N–H and O–H groups in total. The zero-order valence-corrected chi connectivity index (χ0v) is 23.9. The Morgan fingerprint density at radius 1 is 0.946 bits per heavy atom. The molecule has 0 bridgehead atoms. The molecule has 11 heteroatoms. The average molecular weight is 640 g/mol. The highest BCUT2D eigenvalue weighted by atomic mass is 79.9. The summed E-state index contributed by atoms with van der Waals surface area (Å²) < 4.78 is 27.5. The van der Waals surface area contributed by atoms with Crippen LogP contribution in [0.15, 0.2) is 33.5 Å². The van der Waals surface area contributed by atoms with E-state index in [4.69, 9.17) is 9.47 Å². The van der Waals surface area contributed by atoms with Crippen molar-refractivity contribution in [1.82, 2.24) is 9.97 Å². The number of carbonyl (C=O) groups is 2. The van der Waals surface area contributed by atoms with Gasteiger partial charge in [0.05, 0.1) is 19.1 Å². The third-order valence-corrected chi connectivity index (χ3v) is 8.47. The summed E-state index contributed by atoms with van der Waals surface area (Å²) in [6, 6.07) is 3.96. The van der Waals surface area contributed by atoms with Gasteiger partial charge in [-0.05, 0) is 70.7 Å². The van der Waals surface area contributed by atoms with Crippen LogP contribution in [0.4, 0.5) is 16.0 Å². The van der Waals surface area contributed by atoms with Crippen LogP contribution in [0.25, 0.3) is 0 Å². The molecular weight excluding hydrogens is 611 g/mol. The molecule has 2 aromatic heterocycles. The van der Waals surface area contributed by atoms with Crippen molar-refractivity contribution in [2.24, 2.45) is 5.92 Å². The van der Waals surface area contributed by atoms with Gasteiger partial charge in [-0.15, -0.1) is 0 Å². The summed E-state index contributed by atoms with van der Waals surface area (Å²) in [7, 11) is 0. The number of rotatable bonds is 2. The number of nitrogens with zero attached hydrogens (tertiary/aromatic N) is 4. The fourth-order valence-corrected chi connectivity index (χ4v) is 6.52. The molecule has 2 aromatic rings. The molecule has 0 saturated carbocycles. The quantitative estimate of drug-likeness (QED) is 0.472. The highest BCUT2D eigenvalue weighted by Gasteiger charge is 2.56. The van der Waals surface area contributed by atoms with Crippen LogP contribution in [0, 0.1) is 5.92 Å². The lowest BCUT2D eigenvalue weighted by atomic mass is 9.76. The second-order valence-corrected chi connectivity index (χ2v) is 11.4. The van der Waals surface area contributed by atoms with E-state index >= 15 is 4.39 Å². The number of pyridine rings is 2. The summed E-state index contributed by atoms with van der Waals surface area (Å²) in [5, 5.41) is 0. The monoisotopic (exact) mass is 638 g/mol. The number of amides is 2. The molecule has 0 aliphatic carbocycles. The van der Waals surface area contributed by atoms with Gasteiger partial charge in [0, 0.05) is 70.6 Å². The molecule has 4 atom stereocenters. The van der Waals surface area contributed by atoms with Crippen LogP contribution in [0.5, 0.6) is 0 Å². The Morgan fingerprint density at radius 2 is 1.57 bits per heavy atom. The number of anilines is 2. The first kappa shape index (κ1) is 26.6. The van der Waals surface area contributed by atoms with Crippen molar-refractivity contribution in [2.75, 3.05) is 49.3 Å². The molecule has 0 spiro atoms. The molecule has 0 radical (unpaired) electrons. The van der Waals surface area contributed by atoms with Gasteiger partial charge < -0.3 is 9.47 Å². The zero-order valence-electron chi connectivity index (χ0n) is 20.8. The predicted octanol–water partition coefficient (Wildman–Crippen LogP) is 4.75. The Labute approximate surface area is 232 Å². The second kappa shape index (κ2) is 10.7. The van der Waals surface area contributed by atoms with Crippen LogP contribution >= 0.6 is 31.9 Å². The van der Waals surface area contributed by atoms with E-state index < -0.39 is 17.5 Å². The lowest BCUT2D eigenvalue weighted by Crippen LogP contribution is -2.58. The average Bonchev–Trinajstić information content (AvgIpc) is 2.91. The summed E-state index contributed by atoms with van der Waals surface area (Å²) in [6.07, 6.45) is 4.80. The molecule has 198 valence electrons. The summed E-state index contributed by atoms with van der Waals surface area (Å²) in [4.78, 5) is 36.7. The van der Waals surface area contributed by atoms with Crippen molar-refractivity contribution in [3.8, 4) is 0 Å². The Bertz CT molecular complexity index is 1220. The van der Waals surface area contributed by atoms with E-state index in [0.717, 1.165) is 33.4 Å². The minimum Gasteiger partial charge on any atom is -0.381 e. The summed E-state index contributed by atoms with van der Waals surface area (Å²) in [6.45, 7) is 6.43. The number of alkyl halides is 1. The van der Waals surface area contributed by atoms with E-state index in [0.29, 0.717) is 38.5 Å². The molecule has 6 heterocycles. The van der Waals surface area contributed by atoms with Crippen LogP contribution in [0.2, 0.25) is 0 Å². The molecule has 37 heavy (non-hydrogen) atoms. The van der Waals surface area contributed by atoms with Crippen LogP contribution in [-0.2, 0) is 19.1 Å². The number of hydrogen-bond donors (Lipinski definition) is 0. The molecule has 2 amide bonds. The highest BCUT2D eigenvalue weighted by molar-refractivity contribution is 9.10. The lowest BCUT2D eigenvalue weighted by Gasteiger charge is -2.44. The van der Waals surface area contributed by atoms with Crippen LogP contribution in [-0.4, -0.2) is 67.0 Å². The van der Waals surface area contributed by atoms with Crippen molar-refractivity contribution in [1.29, 1.82) is 0 Å². The van der Waals surface area contributed by atoms with Gasteiger partial charge in [-0.25, -0.2) is 14.4 Å². The summed E-state index contributed by atoms with van der Waals surface area (Å²) >= 11 is 6.83. The van der Waals surface area contributed by atoms with Crippen molar-refractivity contribution in [3.05, 3.63) is 44.6 Å². The Balaban J connectivity index is 0.000000152. The first-order valence-corrected chi connectivity index (χ1v) is 14.2. The van der Waals surface area contributed by atoms with Crippen LogP contribution in [0.3, 0.4) is 0 Å². The fourth-order valence-electron chi connectivity index (χ4n) is 5.82. The summed E-state index contributed by atoms with van der Waals surface area (Å²) in [5.74, 6) is 0.796. The zero-order chi connectivity index (χ0) is 26.3. The maximum absolute atomic E-state index is 15.1. The normalized spacial score (nSPS) is 28.4. The minimum atomic E-state index is -1.95. The van der Waals surface area contributed by atoms with Crippen molar-refractivity contribution in [2.45, 2.75) is 44.2 Å². The van der Waals surface area contributed by atoms with Gasteiger partial charge in [0.2, 0.25) is 11.6 Å². The van der Waals surface area contributed by atoms with Gasteiger partial charge in [-0.3, -0.25) is 19.4 Å². The number of halogens is 3. The molecule has 2 fully saturated rings. The van der Waals surface area contributed by atoms with Gasteiger partial charge in [0.15, 0.2) is 0 Å². The van der Waals surface area contributed by atoms with E-state index in [1.165, 1.54) is 10.5 Å². The second-order valence-electron chi connectivity index (χ2n) is 9.60. The Hall–Kier alpha value is -1.95. The number of ether oxygens (including phenoxy) is 2. The summed E-state index contributed by atoms with van der Waals surface area (Å²) in [5.41, 5.74) is 0.0183. The molecule has 0 aromatic carbocycles. The van der Waals surface area contributed by atoms with Crippen molar-refractivity contribution in [3.63, 3.8) is 0 Å². The highest BCUT2D eigenvalue weighted by Crippen LogP contribution is 2.47. The topological polar surface area (TPSA) is 84.9 Å². The SMILES string of the molecule is CCN1C(=O)C2(F)COCC[C@@H]2c2cc(Br)cnc21.CCN1C(=O)[C@H]2COCC[C@@H]2c2cc(Br)cnc21. The molecule has 1 unspecified atom stereocenters. The molecule has 4 aliphatic rings. The van der Waals surface area contributed by atoms with Crippen molar-refractivity contribution >= 4 is 55.3 Å². The minimum absolute atomic E-state index is 0.0395.